The first-order chi connectivity index (χ1) is 5.17. The molecular formula is C9H19NO. The SMILES string of the molecule is CCC(C)(C)N1CCOCC1. The molecule has 0 aromatic rings. The van der Waals surface area contributed by atoms with Crippen molar-refractivity contribution in [3.05, 3.63) is 0 Å². The number of ether oxygens (including phenoxy) is 1. The molecule has 11 heavy (non-hydrogen) atoms. The Labute approximate surface area is 69.5 Å². The minimum atomic E-state index is 0.365. The molecule has 0 spiro atoms. The molecule has 1 rings (SSSR count). The van der Waals surface area contributed by atoms with E-state index < -0.39 is 0 Å². The maximum absolute atomic E-state index is 5.30. The van der Waals surface area contributed by atoms with Crippen LogP contribution in [0, 0.1) is 0 Å². The van der Waals surface area contributed by atoms with Crippen LogP contribution in [0.1, 0.15) is 27.2 Å². The first-order valence-electron chi connectivity index (χ1n) is 4.49. The van der Waals surface area contributed by atoms with Crippen molar-refractivity contribution < 1.29 is 4.74 Å². The Morgan fingerprint density at radius 2 is 1.82 bits per heavy atom. The van der Waals surface area contributed by atoms with E-state index in [0.717, 1.165) is 26.3 Å². The standard InChI is InChI=1S/C9H19NO/c1-4-9(2,3)10-5-7-11-8-6-10/h4-8H2,1-3H3. The smallest absolute Gasteiger partial charge is 0.0594 e. The van der Waals surface area contributed by atoms with Crippen molar-refractivity contribution in [1.82, 2.24) is 4.90 Å². The Balaban J connectivity index is 2.43. The van der Waals surface area contributed by atoms with Gasteiger partial charge in [0.05, 0.1) is 13.2 Å². The van der Waals surface area contributed by atoms with Crippen molar-refractivity contribution in [3.8, 4) is 0 Å². The number of hydrogen-bond donors (Lipinski definition) is 0. The van der Waals surface area contributed by atoms with Gasteiger partial charge < -0.3 is 4.74 Å². The van der Waals surface area contributed by atoms with E-state index in [1.54, 1.807) is 0 Å². The summed E-state index contributed by atoms with van der Waals surface area (Å²) >= 11 is 0. The molecule has 1 fully saturated rings. The molecule has 0 aromatic carbocycles. The summed E-state index contributed by atoms with van der Waals surface area (Å²) in [5.41, 5.74) is 0.365. The second-order valence-corrected chi connectivity index (χ2v) is 3.77. The van der Waals surface area contributed by atoms with Crippen LogP contribution < -0.4 is 0 Å². The topological polar surface area (TPSA) is 12.5 Å². The van der Waals surface area contributed by atoms with Gasteiger partial charge in [-0.2, -0.15) is 0 Å². The summed E-state index contributed by atoms with van der Waals surface area (Å²) in [5.74, 6) is 0. The van der Waals surface area contributed by atoms with E-state index in [4.69, 9.17) is 4.74 Å². The highest BCUT2D eigenvalue weighted by molar-refractivity contribution is 4.81. The lowest BCUT2D eigenvalue weighted by atomic mass is 9.99. The van der Waals surface area contributed by atoms with E-state index in [-0.39, 0.29) is 0 Å². The van der Waals surface area contributed by atoms with Gasteiger partial charge in [0, 0.05) is 18.6 Å². The molecule has 0 atom stereocenters. The quantitative estimate of drug-likeness (QED) is 0.602. The zero-order chi connectivity index (χ0) is 8.32. The molecule has 0 radical (unpaired) electrons. The van der Waals surface area contributed by atoms with Gasteiger partial charge >= 0.3 is 0 Å². The summed E-state index contributed by atoms with van der Waals surface area (Å²) in [6, 6.07) is 0. The molecule has 1 aliphatic heterocycles. The maximum Gasteiger partial charge on any atom is 0.0594 e. The third-order valence-electron chi connectivity index (χ3n) is 2.73. The summed E-state index contributed by atoms with van der Waals surface area (Å²) < 4.78 is 5.30. The Kier molecular flexibility index (Phi) is 2.90. The number of morpholine rings is 1. The molecule has 1 aliphatic rings. The van der Waals surface area contributed by atoms with Crippen LogP contribution in [0.3, 0.4) is 0 Å². The first-order valence-corrected chi connectivity index (χ1v) is 4.49. The highest BCUT2D eigenvalue weighted by atomic mass is 16.5. The molecule has 0 N–H and O–H groups in total. The second-order valence-electron chi connectivity index (χ2n) is 3.77. The summed E-state index contributed by atoms with van der Waals surface area (Å²) in [7, 11) is 0. The van der Waals surface area contributed by atoms with Gasteiger partial charge in [-0.25, -0.2) is 0 Å². The Morgan fingerprint density at radius 3 is 2.27 bits per heavy atom. The molecule has 0 amide bonds. The van der Waals surface area contributed by atoms with Crippen molar-refractivity contribution in [2.75, 3.05) is 26.3 Å². The predicted molar refractivity (Wildman–Crippen MR) is 46.8 cm³/mol. The van der Waals surface area contributed by atoms with E-state index in [1.165, 1.54) is 6.42 Å². The van der Waals surface area contributed by atoms with Crippen LogP contribution in [0.25, 0.3) is 0 Å². The highest BCUT2D eigenvalue weighted by Crippen LogP contribution is 2.18. The monoisotopic (exact) mass is 157 g/mol. The lowest BCUT2D eigenvalue weighted by molar-refractivity contribution is -0.0112. The maximum atomic E-state index is 5.30. The molecular weight excluding hydrogens is 138 g/mol. The molecule has 1 saturated heterocycles. The Hall–Kier alpha value is -0.0800. The molecule has 0 bridgehead atoms. The van der Waals surface area contributed by atoms with Crippen LogP contribution in [-0.2, 0) is 4.74 Å². The highest BCUT2D eigenvalue weighted by Gasteiger charge is 2.25. The normalized spacial score (nSPS) is 22.1. The van der Waals surface area contributed by atoms with Gasteiger partial charge in [-0.3, -0.25) is 4.90 Å². The van der Waals surface area contributed by atoms with Crippen LogP contribution in [0.5, 0.6) is 0 Å². The van der Waals surface area contributed by atoms with Crippen LogP contribution in [0.4, 0.5) is 0 Å². The van der Waals surface area contributed by atoms with Crippen molar-refractivity contribution in [2.24, 2.45) is 0 Å². The average molecular weight is 157 g/mol. The fourth-order valence-electron chi connectivity index (χ4n) is 1.39. The molecule has 2 nitrogen and oxygen atoms in total. The molecule has 0 unspecified atom stereocenters. The van der Waals surface area contributed by atoms with E-state index >= 15 is 0 Å². The van der Waals surface area contributed by atoms with Gasteiger partial charge in [0.15, 0.2) is 0 Å². The van der Waals surface area contributed by atoms with Gasteiger partial charge in [0.25, 0.3) is 0 Å². The second kappa shape index (κ2) is 3.55. The zero-order valence-corrected chi connectivity index (χ0v) is 7.89. The Morgan fingerprint density at radius 1 is 1.27 bits per heavy atom. The van der Waals surface area contributed by atoms with Crippen molar-refractivity contribution in [1.29, 1.82) is 0 Å². The van der Waals surface area contributed by atoms with E-state index in [9.17, 15) is 0 Å². The van der Waals surface area contributed by atoms with Gasteiger partial charge in [-0.05, 0) is 20.3 Å². The van der Waals surface area contributed by atoms with Gasteiger partial charge in [0.2, 0.25) is 0 Å². The van der Waals surface area contributed by atoms with Gasteiger partial charge in [-0.1, -0.05) is 6.92 Å². The Bertz CT molecular complexity index is 117. The summed E-state index contributed by atoms with van der Waals surface area (Å²) in [4.78, 5) is 2.51. The number of nitrogens with zero attached hydrogens (tertiary/aromatic N) is 1. The van der Waals surface area contributed by atoms with Gasteiger partial charge in [-0.15, -0.1) is 0 Å². The third kappa shape index (κ3) is 2.17. The van der Waals surface area contributed by atoms with Crippen LogP contribution in [0.15, 0.2) is 0 Å². The molecule has 0 aromatic heterocycles. The fourth-order valence-corrected chi connectivity index (χ4v) is 1.39. The van der Waals surface area contributed by atoms with Crippen molar-refractivity contribution in [3.63, 3.8) is 0 Å². The minimum Gasteiger partial charge on any atom is -0.379 e. The first kappa shape index (κ1) is 9.01. The minimum absolute atomic E-state index is 0.365. The molecule has 66 valence electrons. The van der Waals surface area contributed by atoms with Gasteiger partial charge in [0.1, 0.15) is 0 Å². The van der Waals surface area contributed by atoms with E-state index in [1.807, 2.05) is 0 Å². The lowest BCUT2D eigenvalue weighted by Gasteiger charge is -2.40. The fraction of sp³-hybridized carbons (Fsp3) is 1.00. The number of hydrogen-bond acceptors (Lipinski definition) is 2. The molecule has 2 heteroatoms. The average Bonchev–Trinajstić information content (AvgIpc) is 2.06. The lowest BCUT2D eigenvalue weighted by Crippen LogP contribution is -2.49. The van der Waals surface area contributed by atoms with Crippen molar-refractivity contribution in [2.45, 2.75) is 32.7 Å². The largest absolute Gasteiger partial charge is 0.379 e. The molecule has 0 saturated carbocycles. The number of rotatable bonds is 2. The zero-order valence-electron chi connectivity index (χ0n) is 7.89. The third-order valence-corrected chi connectivity index (χ3v) is 2.73. The summed E-state index contributed by atoms with van der Waals surface area (Å²) in [6.45, 7) is 10.9. The molecule has 0 aliphatic carbocycles. The van der Waals surface area contributed by atoms with Crippen molar-refractivity contribution >= 4 is 0 Å². The van der Waals surface area contributed by atoms with E-state index in [2.05, 4.69) is 25.7 Å². The summed E-state index contributed by atoms with van der Waals surface area (Å²) in [6.07, 6.45) is 1.22. The predicted octanol–water partition coefficient (Wildman–Crippen LogP) is 1.51. The van der Waals surface area contributed by atoms with Crippen LogP contribution in [0.2, 0.25) is 0 Å². The van der Waals surface area contributed by atoms with Crippen LogP contribution >= 0.6 is 0 Å². The van der Waals surface area contributed by atoms with Crippen LogP contribution in [-0.4, -0.2) is 36.7 Å². The van der Waals surface area contributed by atoms with E-state index in [0.29, 0.717) is 5.54 Å². The molecule has 1 heterocycles. The summed E-state index contributed by atoms with van der Waals surface area (Å²) in [5, 5.41) is 0.